The van der Waals surface area contributed by atoms with Crippen LogP contribution in [0.5, 0.6) is 0 Å². The van der Waals surface area contributed by atoms with E-state index in [1.54, 1.807) is 23.5 Å². The van der Waals surface area contributed by atoms with Crippen molar-refractivity contribution < 1.29 is 9.18 Å². The number of halogens is 1. The largest absolute Gasteiger partial charge is 0.349 e. The van der Waals surface area contributed by atoms with Crippen LogP contribution < -0.4 is 5.32 Å². The second-order valence-corrected chi connectivity index (χ2v) is 6.57. The van der Waals surface area contributed by atoms with E-state index >= 15 is 0 Å². The van der Waals surface area contributed by atoms with Crippen molar-refractivity contribution in [2.75, 3.05) is 6.54 Å². The molecule has 4 nitrogen and oxygen atoms in total. The number of rotatable bonds is 5. The van der Waals surface area contributed by atoms with Gasteiger partial charge in [-0.05, 0) is 43.5 Å². The van der Waals surface area contributed by atoms with Crippen molar-refractivity contribution in [3.05, 3.63) is 75.5 Å². The maximum absolute atomic E-state index is 13.8. The molecular weight excluding hydrogens is 325 g/mol. The van der Waals surface area contributed by atoms with Gasteiger partial charge in [0.25, 0.3) is 5.91 Å². The zero-order valence-electron chi connectivity index (χ0n) is 13.5. The van der Waals surface area contributed by atoms with Crippen LogP contribution in [0.2, 0.25) is 0 Å². The Morgan fingerprint density at radius 1 is 1.29 bits per heavy atom. The average Bonchev–Trinajstić information content (AvgIpc) is 3.18. The number of carbonyl (C=O) groups excluding carboxylic acids is 1. The van der Waals surface area contributed by atoms with E-state index in [-0.39, 0.29) is 11.6 Å². The van der Waals surface area contributed by atoms with Crippen molar-refractivity contribution in [2.45, 2.75) is 19.9 Å². The van der Waals surface area contributed by atoms with Gasteiger partial charge in [-0.1, -0.05) is 18.2 Å². The molecule has 0 saturated carbocycles. The van der Waals surface area contributed by atoms with Crippen LogP contribution in [0.1, 0.15) is 32.7 Å². The van der Waals surface area contributed by atoms with E-state index in [4.69, 9.17) is 0 Å². The van der Waals surface area contributed by atoms with E-state index in [9.17, 15) is 9.18 Å². The van der Waals surface area contributed by atoms with Crippen LogP contribution in [0, 0.1) is 19.7 Å². The fourth-order valence-electron chi connectivity index (χ4n) is 2.68. The van der Waals surface area contributed by atoms with Gasteiger partial charge in [-0.15, -0.1) is 11.3 Å². The second kappa shape index (κ2) is 6.97. The molecule has 0 bridgehead atoms. The molecular formula is C18H18FN3OS. The summed E-state index contributed by atoms with van der Waals surface area (Å²) in [5.74, 6) is -0.940. The summed E-state index contributed by atoms with van der Waals surface area (Å²) in [5.41, 5.74) is 2.00. The van der Waals surface area contributed by atoms with Gasteiger partial charge in [-0.2, -0.15) is 5.10 Å². The lowest BCUT2D eigenvalue weighted by atomic mass is 10.2. The number of aromatic nitrogens is 2. The van der Waals surface area contributed by atoms with Gasteiger partial charge in [0.2, 0.25) is 0 Å². The highest BCUT2D eigenvalue weighted by Crippen LogP contribution is 2.24. The van der Waals surface area contributed by atoms with Gasteiger partial charge in [0.05, 0.1) is 11.3 Å². The fraction of sp³-hybridized carbons (Fsp3) is 0.222. The van der Waals surface area contributed by atoms with Gasteiger partial charge in [0, 0.05) is 17.1 Å². The van der Waals surface area contributed by atoms with Crippen molar-refractivity contribution in [3.8, 4) is 0 Å². The molecule has 0 radical (unpaired) electrons. The maximum Gasteiger partial charge on any atom is 0.254 e. The summed E-state index contributed by atoms with van der Waals surface area (Å²) >= 11 is 1.61. The number of thiophene rings is 1. The monoisotopic (exact) mass is 343 g/mol. The zero-order valence-corrected chi connectivity index (χ0v) is 14.3. The minimum absolute atomic E-state index is 0.0517. The van der Waals surface area contributed by atoms with E-state index in [1.165, 1.54) is 12.1 Å². The van der Waals surface area contributed by atoms with Gasteiger partial charge in [-0.3, -0.25) is 9.48 Å². The fourth-order valence-corrected chi connectivity index (χ4v) is 3.49. The number of carbonyl (C=O) groups is 1. The Morgan fingerprint density at radius 3 is 2.71 bits per heavy atom. The summed E-state index contributed by atoms with van der Waals surface area (Å²) in [6, 6.07) is 11.8. The molecule has 124 valence electrons. The molecule has 0 aliphatic carbocycles. The van der Waals surface area contributed by atoms with E-state index in [2.05, 4.69) is 10.4 Å². The van der Waals surface area contributed by atoms with Gasteiger partial charge >= 0.3 is 0 Å². The number of nitrogens with one attached hydrogen (secondary N) is 1. The predicted molar refractivity (Wildman–Crippen MR) is 92.9 cm³/mol. The van der Waals surface area contributed by atoms with Gasteiger partial charge in [0.1, 0.15) is 11.9 Å². The first-order valence-corrected chi connectivity index (χ1v) is 8.53. The summed E-state index contributed by atoms with van der Waals surface area (Å²) in [5, 5.41) is 9.36. The highest BCUT2D eigenvalue weighted by atomic mass is 32.1. The van der Waals surface area contributed by atoms with Crippen molar-refractivity contribution in [3.63, 3.8) is 0 Å². The third-order valence-corrected chi connectivity index (χ3v) is 4.76. The van der Waals surface area contributed by atoms with E-state index in [0.717, 1.165) is 16.3 Å². The lowest BCUT2D eigenvalue weighted by molar-refractivity contribution is 0.0945. The van der Waals surface area contributed by atoms with Gasteiger partial charge in [0.15, 0.2) is 0 Å². The molecule has 3 rings (SSSR count). The molecule has 2 heterocycles. The summed E-state index contributed by atoms with van der Waals surface area (Å²) in [4.78, 5) is 13.4. The summed E-state index contributed by atoms with van der Waals surface area (Å²) in [7, 11) is 0. The highest BCUT2D eigenvalue weighted by molar-refractivity contribution is 7.10. The average molecular weight is 343 g/mol. The third kappa shape index (κ3) is 3.38. The number of hydrogen-bond donors (Lipinski definition) is 1. The van der Waals surface area contributed by atoms with Gasteiger partial charge in [-0.25, -0.2) is 4.39 Å². The lowest BCUT2D eigenvalue weighted by Gasteiger charge is -2.19. The number of amides is 1. The minimum atomic E-state index is -0.520. The van der Waals surface area contributed by atoms with Crippen LogP contribution in [0.15, 0.2) is 47.8 Å². The Morgan fingerprint density at radius 2 is 2.08 bits per heavy atom. The predicted octanol–water partition coefficient (Wildman–Crippen LogP) is 3.72. The Bertz CT molecular complexity index is 842. The van der Waals surface area contributed by atoms with Crippen LogP contribution in [-0.4, -0.2) is 22.2 Å². The Kier molecular flexibility index (Phi) is 4.76. The molecule has 0 fully saturated rings. The SMILES string of the molecule is Cc1cc(C)n([C@H](CNC(=O)c2ccccc2F)c2cccs2)n1. The maximum atomic E-state index is 13.8. The molecule has 1 N–H and O–H groups in total. The van der Waals surface area contributed by atoms with Crippen molar-refractivity contribution >= 4 is 17.2 Å². The second-order valence-electron chi connectivity index (χ2n) is 5.59. The van der Waals surface area contributed by atoms with E-state index in [1.807, 2.05) is 42.1 Å². The Hall–Kier alpha value is -2.47. The van der Waals surface area contributed by atoms with Crippen LogP contribution >= 0.6 is 11.3 Å². The van der Waals surface area contributed by atoms with Gasteiger partial charge < -0.3 is 5.32 Å². The lowest BCUT2D eigenvalue weighted by Crippen LogP contribution is -2.32. The number of benzene rings is 1. The van der Waals surface area contributed by atoms with Crippen LogP contribution in [0.4, 0.5) is 4.39 Å². The molecule has 1 atom stereocenters. The molecule has 1 aromatic carbocycles. The Labute approximate surface area is 143 Å². The molecule has 0 aliphatic heterocycles. The molecule has 0 unspecified atom stereocenters. The first kappa shape index (κ1) is 16.4. The topological polar surface area (TPSA) is 46.9 Å². The van der Waals surface area contributed by atoms with Crippen LogP contribution in [0.3, 0.4) is 0 Å². The zero-order chi connectivity index (χ0) is 17.1. The van der Waals surface area contributed by atoms with Crippen LogP contribution in [0.25, 0.3) is 0 Å². The molecule has 6 heteroatoms. The molecule has 0 aliphatic rings. The summed E-state index contributed by atoms with van der Waals surface area (Å²) in [6.45, 7) is 4.27. The minimum Gasteiger partial charge on any atom is -0.349 e. The van der Waals surface area contributed by atoms with Crippen molar-refractivity contribution in [1.82, 2.24) is 15.1 Å². The van der Waals surface area contributed by atoms with Crippen molar-refractivity contribution in [1.29, 1.82) is 0 Å². The first-order chi connectivity index (χ1) is 11.6. The normalized spacial score (nSPS) is 12.1. The molecule has 2 aromatic heterocycles. The Balaban J connectivity index is 1.82. The van der Waals surface area contributed by atoms with Crippen molar-refractivity contribution in [2.24, 2.45) is 0 Å². The molecule has 0 saturated heterocycles. The number of nitrogens with zero attached hydrogens (tertiary/aromatic N) is 2. The molecule has 0 spiro atoms. The molecule has 24 heavy (non-hydrogen) atoms. The molecule has 3 aromatic rings. The first-order valence-electron chi connectivity index (χ1n) is 7.65. The summed E-state index contributed by atoms with van der Waals surface area (Å²) < 4.78 is 15.7. The van der Waals surface area contributed by atoms with E-state index < -0.39 is 11.7 Å². The smallest absolute Gasteiger partial charge is 0.254 e. The number of hydrogen-bond acceptors (Lipinski definition) is 3. The quantitative estimate of drug-likeness (QED) is 0.767. The van der Waals surface area contributed by atoms with E-state index in [0.29, 0.717) is 6.54 Å². The van der Waals surface area contributed by atoms with Crippen LogP contribution in [-0.2, 0) is 0 Å². The molecule has 1 amide bonds. The third-order valence-electron chi connectivity index (χ3n) is 3.79. The summed E-state index contributed by atoms with van der Waals surface area (Å²) in [6.07, 6.45) is 0. The standard InChI is InChI=1S/C18H18FN3OS/c1-12-10-13(2)22(21-12)16(17-8-5-9-24-17)11-20-18(23)14-6-3-4-7-15(14)19/h3-10,16H,11H2,1-2H3,(H,20,23)/t16-/m1/s1. The highest BCUT2D eigenvalue weighted by Gasteiger charge is 2.20. The number of aryl methyl sites for hydroxylation is 2.